The van der Waals surface area contributed by atoms with E-state index in [0.717, 1.165) is 16.5 Å². The Labute approximate surface area is 230 Å². The molecule has 1 saturated heterocycles. The Hall–Kier alpha value is -3.56. The van der Waals surface area contributed by atoms with E-state index in [1.54, 1.807) is 24.1 Å². The molecule has 0 bridgehead atoms. The van der Waals surface area contributed by atoms with Gasteiger partial charge in [0.1, 0.15) is 17.3 Å². The second-order valence-corrected chi connectivity index (χ2v) is 9.49. The molecule has 2 heterocycles. The Balaban J connectivity index is 1.62. The summed E-state index contributed by atoms with van der Waals surface area (Å²) in [6, 6.07) is 7.00. The standard InChI is InChI=1S/C27H28Cl2N4O5/c1-5-23(34)32-19-14-33(27(35)38-6-2)13-17(19)10-22-30-12-16-9-15(7-8-18(16)31-22)24-25(28)20(36-3)11-21(37-4)26(24)29/h5,7-9,11-12,17,19H,1,6,10,13-14H2,2-4H3,(H,32,34)/t17-,19+/m1/s1. The fraction of sp³-hybridized carbons (Fsp3) is 0.333. The minimum atomic E-state index is -0.411. The van der Waals surface area contributed by atoms with Crippen molar-refractivity contribution < 1.29 is 23.8 Å². The summed E-state index contributed by atoms with van der Waals surface area (Å²) in [6.07, 6.45) is 2.99. The summed E-state index contributed by atoms with van der Waals surface area (Å²) in [7, 11) is 3.05. The number of likely N-dealkylation sites (tertiary alicyclic amines) is 1. The van der Waals surface area contributed by atoms with Crippen LogP contribution in [0.2, 0.25) is 10.0 Å². The van der Waals surface area contributed by atoms with Crippen LogP contribution in [0.1, 0.15) is 12.7 Å². The molecular formula is C27H28Cl2N4O5. The van der Waals surface area contributed by atoms with Crippen LogP contribution < -0.4 is 14.8 Å². The molecule has 11 heteroatoms. The van der Waals surface area contributed by atoms with Gasteiger partial charge in [-0.25, -0.2) is 14.8 Å². The third-order valence-corrected chi connectivity index (χ3v) is 7.17. The van der Waals surface area contributed by atoms with Crippen molar-refractivity contribution >= 4 is 46.1 Å². The minimum absolute atomic E-state index is 0.0955. The molecule has 1 aromatic heterocycles. The highest BCUT2D eigenvalue weighted by atomic mass is 35.5. The van der Waals surface area contributed by atoms with Gasteiger partial charge in [-0.15, -0.1) is 0 Å². The Bertz CT molecular complexity index is 1360. The van der Waals surface area contributed by atoms with Crippen LogP contribution in [0.4, 0.5) is 4.79 Å². The van der Waals surface area contributed by atoms with E-state index in [1.807, 2.05) is 18.2 Å². The molecule has 0 spiro atoms. The minimum Gasteiger partial charge on any atom is -0.495 e. The monoisotopic (exact) mass is 558 g/mol. The molecule has 2 aromatic carbocycles. The SMILES string of the molecule is C=CC(=O)N[C@H]1CN(C(=O)OCC)C[C@H]1Cc1ncc2cc(-c3c(Cl)c(OC)cc(OC)c3Cl)ccc2n1. The zero-order valence-corrected chi connectivity index (χ0v) is 22.8. The lowest BCUT2D eigenvalue weighted by Gasteiger charge is -2.18. The molecule has 3 aromatic rings. The van der Waals surface area contributed by atoms with Crippen LogP contribution >= 0.6 is 23.2 Å². The van der Waals surface area contributed by atoms with Crippen molar-refractivity contribution in [1.29, 1.82) is 0 Å². The molecule has 1 aliphatic heterocycles. The maximum atomic E-state index is 12.3. The molecule has 9 nitrogen and oxygen atoms in total. The number of amides is 2. The second-order valence-electron chi connectivity index (χ2n) is 8.73. The normalized spacial score (nSPS) is 16.8. The molecule has 0 radical (unpaired) electrons. The molecule has 2 amide bonds. The van der Waals surface area contributed by atoms with Crippen molar-refractivity contribution in [2.45, 2.75) is 19.4 Å². The van der Waals surface area contributed by atoms with Crippen LogP contribution in [0.5, 0.6) is 11.5 Å². The quantitative estimate of drug-likeness (QED) is 0.391. The summed E-state index contributed by atoms with van der Waals surface area (Å²) in [5.41, 5.74) is 2.07. The van der Waals surface area contributed by atoms with Crippen LogP contribution in [-0.4, -0.2) is 66.8 Å². The first-order valence-electron chi connectivity index (χ1n) is 12.0. The molecule has 0 unspecified atom stereocenters. The maximum absolute atomic E-state index is 12.3. The van der Waals surface area contributed by atoms with Gasteiger partial charge in [-0.1, -0.05) is 35.8 Å². The molecule has 0 aliphatic carbocycles. The highest BCUT2D eigenvalue weighted by Gasteiger charge is 2.37. The highest BCUT2D eigenvalue weighted by Crippen LogP contribution is 2.46. The number of hydrogen-bond donors (Lipinski definition) is 1. The lowest BCUT2D eigenvalue weighted by molar-refractivity contribution is -0.117. The summed E-state index contributed by atoms with van der Waals surface area (Å²) in [6.45, 7) is 6.30. The molecule has 4 rings (SSSR count). The van der Waals surface area contributed by atoms with Crippen molar-refractivity contribution in [3.05, 3.63) is 59.0 Å². The molecule has 2 atom stereocenters. The summed E-state index contributed by atoms with van der Waals surface area (Å²) in [5, 5.41) is 4.44. The second kappa shape index (κ2) is 11.9. The first kappa shape index (κ1) is 27.5. The predicted octanol–water partition coefficient (Wildman–Crippen LogP) is 4.92. The average Bonchev–Trinajstić information content (AvgIpc) is 3.31. The lowest BCUT2D eigenvalue weighted by atomic mass is 9.99. The van der Waals surface area contributed by atoms with Gasteiger partial charge in [-0.05, 0) is 30.7 Å². The number of ether oxygens (including phenoxy) is 3. The van der Waals surface area contributed by atoms with Crippen LogP contribution in [0, 0.1) is 5.92 Å². The molecule has 200 valence electrons. The van der Waals surface area contributed by atoms with Crippen LogP contribution in [-0.2, 0) is 16.0 Å². The average molecular weight is 559 g/mol. The van der Waals surface area contributed by atoms with E-state index in [-0.39, 0.29) is 24.5 Å². The summed E-state index contributed by atoms with van der Waals surface area (Å²) >= 11 is 13.2. The van der Waals surface area contributed by atoms with Gasteiger partial charge in [-0.2, -0.15) is 0 Å². The number of nitrogens with one attached hydrogen (secondary N) is 1. The van der Waals surface area contributed by atoms with Gasteiger partial charge in [0.05, 0.1) is 42.4 Å². The summed E-state index contributed by atoms with van der Waals surface area (Å²) < 4.78 is 15.9. The van der Waals surface area contributed by atoms with E-state index in [4.69, 9.17) is 42.4 Å². The van der Waals surface area contributed by atoms with E-state index in [2.05, 4.69) is 16.9 Å². The first-order valence-corrected chi connectivity index (χ1v) is 12.8. The molecular weight excluding hydrogens is 531 g/mol. The van der Waals surface area contributed by atoms with Crippen LogP contribution in [0.25, 0.3) is 22.0 Å². The van der Waals surface area contributed by atoms with Gasteiger partial charge in [0.2, 0.25) is 5.91 Å². The van der Waals surface area contributed by atoms with Crippen LogP contribution in [0.3, 0.4) is 0 Å². The number of nitrogens with zero attached hydrogens (tertiary/aromatic N) is 3. The maximum Gasteiger partial charge on any atom is 0.409 e. The van der Waals surface area contributed by atoms with E-state index >= 15 is 0 Å². The van der Waals surface area contributed by atoms with Gasteiger partial charge in [0.25, 0.3) is 0 Å². The van der Waals surface area contributed by atoms with Gasteiger partial charge in [0, 0.05) is 48.6 Å². The third kappa shape index (κ3) is 5.63. The number of hydrogen-bond acceptors (Lipinski definition) is 7. The molecule has 1 N–H and O–H groups in total. The number of methoxy groups -OCH3 is 2. The van der Waals surface area contributed by atoms with Gasteiger partial charge >= 0.3 is 6.09 Å². The summed E-state index contributed by atoms with van der Waals surface area (Å²) in [5.74, 6) is 1.09. The predicted molar refractivity (Wildman–Crippen MR) is 146 cm³/mol. The number of fused-ring (bicyclic) bond motifs is 1. The highest BCUT2D eigenvalue weighted by molar-refractivity contribution is 6.41. The van der Waals surface area contributed by atoms with Crippen molar-refractivity contribution in [1.82, 2.24) is 20.2 Å². The number of benzene rings is 2. The first-order chi connectivity index (χ1) is 18.3. The number of rotatable bonds is 8. The third-order valence-electron chi connectivity index (χ3n) is 6.42. The van der Waals surface area contributed by atoms with Gasteiger partial charge < -0.3 is 24.4 Å². The number of aromatic nitrogens is 2. The van der Waals surface area contributed by atoms with Crippen molar-refractivity contribution in [2.75, 3.05) is 33.9 Å². The van der Waals surface area contributed by atoms with Crippen molar-refractivity contribution in [3.63, 3.8) is 0 Å². The van der Waals surface area contributed by atoms with E-state index in [1.165, 1.54) is 20.3 Å². The van der Waals surface area contributed by atoms with E-state index in [0.29, 0.717) is 52.4 Å². The zero-order chi connectivity index (χ0) is 27.4. The Morgan fingerprint density at radius 2 is 1.87 bits per heavy atom. The zero-order valence-electron chi connectivity index (χ0n) is 21.3. The summed E-state index contributed by atoms with van der Waals surface area (Å²) in [4.78, 5) is 35.2. The van der Waals surface area contributed by atoms with Gasteiger partial charge in [0.15, 0.2) is 0 Å². The Morgan fingerprint density at radius 1 is 1.16 bits per heavy atom. The number of halogens is 2. The molecule has 1 fully saturated rings. The smallest absolute Gasteiger partial charge is 0.409 e. The molecule has 38 heavy (non-hydrogen) atoms. The fourth-order valence-corrected chi connectivity index (χ4v) is 5.27. The fourth-order valence-electron chi connectivity index (χ4n) is 4.55. The molecule has 0 saturated carbocycles. The topological polar surface area (TPSA) is 103 Å². The van der Waals surface area contributed by atoms with Crippen molar-refractivity contribution in [3.8, 4) is 22.6 Å². The number of carbonyl (C=O) groups is 2. The number of carbonyl (C=O) groups excluding carboxylic acids is 2. The lowest BCUT2D eigenvalue weighted by Crippen LogP contribution is -2.41. The van der Waals surface area contributed by atoms with Crippen molar-refractivity contribution in [2.24, 2.45) is 5.92 Å². The van der Waals surface area contributed by atoms with Gasteiger partial charge in [-0.3, -0.25) is 4.79 Å². The van der Waals surface area contributed by atoms with E-state index in [9.17, 15) is 9.59 Å². The Morgan fingerprint density at radius 3 is 2.50 bits per heavy atom. The Kier molecular flexibility index (Phi) is 8.58. The largest absolute Gasteiger partial charge is 0.495 e. The molecule has 1 aliphatic rings. The van der Waals surface area contributed by atoms with E-state index < -0.39 is 6.09 Å². The van der Waals surface area contributed by atoms with Crippen LogP contribution in [0.15, 0.2) is 43.1 Å².